The van der Waals surface area contributed by atoms with Crippen molar-refractivity contribution in [3.05, 3.63) is 22.6 Å². The molecular weight excluding hydrogens is 264 g/mol. The van der Waals surface area contributed by atoms with Gasteiger partial charge in [0.1, 0.15) is 6.20 Å². The lowest BCUT2D eigenvalue weighted by atomic mass is 10.1. The highest BCUT2D eigenvalue weighted by molar-refractivity contribution is 5.76. The van der Waals surface area contributed by atoms with Crippen LogP contribution in [-0.2, 0) is 11.3 Å². The van der Waals surface area contributed by atoms with E-state index in [4.69, 9.17) is 0 Å². The van der Waals surface area contributed by atoms with E-state index in [0.29, 0.717) is 13.1 Å². The summed E-state index contributed by atoms with van der Waals surface area (Å²) in [6.45, 7) is 6.21. The van der Waals surface area contributed by atoms with Gasteiger partial charge in [0.05, 0.1) is 5.60 Å². The third kappa shape index (κ3) is 4.96. The number of hydrogen-bond acceptors (Lipinski definition) is 5. The van der Waals surface area contributed by atoms with Crippen LogP contribution in [0.2, 0.25) is 0 Å². The zero-order valence-corrected chi connectivity index (χ0v) is 11.9. The first-order chi connectivity index (χ1) is 9.23. The number of hydrogen-bond donors (Lipinski definition) is 1. The Hall–Kier alpha value is -1.96. The third-order valence-electron chi connectivity index (χ3n) is 2.70. The maximum Gasteiger partial charge on any atom is 0.381 e. The zero-order valence-electron chi connectivity index (χ0n) is 11.9. The third-order valence-corrected chi connectivity index (χ3v) is 2.70. The van der Waals surface area contributed by atoms with Crippen LogP contribution in [0.25, 0.3) is 0 Å². The Labute approximate surface area is 117 Å². The lowest BCUT2D eigenvalue weighted by Gasteiger charge is -2.28. The fraction of sp³-hybridized carbons (Fsp3) is 0.667. The molecule has 8 nitrogen and oxygen atoms in total. The van der Waals surface area contributed by atoms with Crippen LogP contribution in [0.1, 0.15) is 27.2 Å². The summed E-state index contributed by atoms with van der Waals surface area (Å²) in [4.78, 5) is 27.1. The summed E-state index contributed by atoms with van der Waals surface area (Å²) < 4.78 is 1.51. The second kappa shape index (κ2) is 6.47. The van der Waals surface area contributed by atoms with Gasteiger partial charge in [-0.25, -0.2) is 0 Å². The van der Waals surface area contributed by atoms with Crippen molar-refractivity contribution in [3.8, 4) is 0 Å². The van der Waals surface area contributed by atoms with Crippen LogP contribution < -0.4 is 0 Å². The minimum absolute atomic E-state index is 0.106. The molecule has 1 N–H and O–H groups in total. The molecule has 0 aliphatic carbocycles. The number of nitro groups is 1. The Morgan fingerprint density at radius 3 is 2.70 bits per heavy atom. The van der Waals surface area contributed by atoms with Gasteiger partial charge in [-0.3, -0.25) is 4.79 Å². The van der Waals surface area contributed by atoms with Crippen LogP contribution in [0, 0.1) is 10.1 Å². The molecule has 0 aromatic carbocycles. The summed E-state index contributed by atoms with van der Waals surface area (Å²) in [5.41, 5.74) is -0.945. The van der Waals surface area contributed by atoms with E-state index in [9.17, 15) is 20.0 Å². The Balaban J connectivity index is 2.54. The molecule has 1 aromatic heterocycles. The van der Waals surface area contributed by atoms with Crippen LogP contribution in [-0.4, -0.2) is 49.1 Å². The number of nitrogens with zero attached hydrogens (tertiary/aromatic N) is 4. The van der Waals surface area contributed by atoms with E-state index in [1.165, 1.54) is 17.1 Å². The van der Waals surface area contributed by atoms with Crippen molar-refractivity contribution in [2.24, 2.45) is 0 Å². The lowest BCUT2D eigenvalue weighted by molar-refractivity contribution is -0.389. The van der Waals surface area contributed by atoms with E-state index in [2.05, 4.69) is 4.98 Å². The van der Waals surface area contributed by atoms with Gasteiger partial charge in [0.25, 0.3) is 0 Å². The van der Waals surface area contributed by atoms with Crippen molar-refractivity contribution in [1.29, 1.82) is 0 Å². The van der Waals surface area contributed by atoms with E-state index in [0.717, 1.165) is 0 Å². The summed E-state index contributed by atoms with van der Waals surface area (Å²) in [6, 6.07) is 0. The molecule has 0 atom stereocenters. The smallest absolute Gasteiger partial charge is 0.381 e. The zero-order chi connectivity index (χ0) is 15.3. The van der Waals surface area contributed by atoms with E-state index < -0.39 is 10.5 Å². The average molecular weight is 284 g/mol. The molecule has 0 radical (unpaired) electrons. The number of rotatable bonds is 7. The number of imidazole rings is 1. The highest BCUT2D eigenvalue weighted by Gasteiger charge is 2.21. The first-order valence-corrected chi connectivity index (χ1v) is 6.39. The van der Waals surface area contributed by atoms with Crippen molar-refractivity contribution in [2.45, 2.75) is 39.3 Å². The van der Waals surface area contributed by atoms with E-state index in [-0.39, 0.29) is 24.7 Å². The number of carbonyl (C=O) groups is 1. The molecule has 0 aliphatic heterocycles. The van der Waals surface area contributed by atoms with Crippen LogP contribution in [0.4, 0.5) is 5.82 Å². The Morgan fingerprint density at radius 2 is 2.25 bits per heavy atom. The molecule has 112 valence electrons. The van der Waals surface area contributed by atoms with Crippen molar-refractivity contribution < 1.29 is 14.8 Å². The molecule has 1 amide bonds. The molecule has 0 aliphatic rings. The number of aliphatic hydroxyl groups is 1. The van der Waals surface area contributed by atoms with Crippen LogP contribution in [0.15, 0.2) is 12.5 Å². The van der Waals surface area contributed by atoms with Gasteiger partial charge < -0.3 is 24.7 Å². The Morgan fingerprint density at radius 1 is 1.60 bits per heavy atom. The molecule has 0 saturated carbocycles. The predicted molar refractivity (Wildman–Crippen MR) is 72.1 cm³/mol. The van der Waals surface area contributed by atoms with E-state index >= 15 is 0 Å². The predicted octanol–water partition coefficient (Wildman–Crippen LogP) is 0.801. The van der Waals surface area contributed by atoms with Crippen LogP contribution >= 0.6 is 0 Å². The molecule has 0 fully saturated rings. The number of aryl methyl sites for hydroxylation is 1. The van der Waals surface area contributed by atoms with Crippen molar-refractivity contribution >= 4 is 11.7 Å². The summed E-state index contributed by atoms with van der Waals surface area (Å²) in [6.07, 6.45) is 2.83. The molecular formula is C12H20N4O4. The fourth-order valence-corrected chi connectivity index (χ4v) is 1.79. The van der Waals surface area contributed by atoms with E-state index in [1.807, 2.05) is 6.92 Å². The highest BCUT2D eigenvalue weighted by atomic mass is 16.6. The minimum atomic E-state index is -0.945. The normalized spacial score (nSPS) is 11.4. The van der Waals surface area contributed by atoms with Crippen molar-refractivity contribution in [1.82, 2.24) is 14.5 Å². The summed E-state index contributed by atoms with van der Waals surface area (Å²) in [5, 5.41) is 20.2. The maximum absolute atomic E-state index is 12.0. The van der Waals surface area contributed by atoms with Gasteiger partial charge in [-0.1, -0.05) is 0 Å². The summed E-state index contributed by atoms with van der Waals surface area (Å²) in [5.74, 6) is -0.340. The molecule has 0 spiro atoms. The average Bonchev–Trinajstić information content (AvgIpc) is 2.80. The van der Waals surface area contributed by atoms with Crippen molar-refractivity contribution in [3.63, 3.8) is 0 Å². The second-order valence-electron chi connectivity index (χ2n) is 5.20. The molecule has 1 heterocycles. The molecule has 1 rings (SSSR count). The van der Waals surface area contributed by atoms with Crippen LogP contribution in [0.3, 0.4) is 0 Å². The molecule has 20 heavy (non-hydrogen) atoms. The van der Waals surface area contributed by atoms with Gasteiger partial charge in [-0.2, -0.15) is 0 Å². The molecule has 0 saturated heterocycles. The van der Waals surface area contributed by atoms with Gasteiger partial charge in [0.15, 0.2) is 0 Å². The topological polar surface area (TPSA) is 102 Å². The van der Waals surface area contributed by atoms with Gasteiger partial charge >= 0.3 is 5.82 Å². The summed E-state index contributed by atoms with van der Waals surface area (Å²) >= 11 is 0. The number of likely N-dealkylation sites (N-methyl/N-ethyl adjacent to an activating group) is 1. The quantitative estimate of drug-likeness (QED) is 0.589. The van der Waals surface area contributed by atoms with Gasteiger partial charge in [-0.15, -0.1) is 0 Å². The molecule has 0 bridgehead atoms. The van der Waals surface area contributed by atoms with Gasteiger partial charge in [0.2, 0.25) is 12.2 Å². The Kier molecular flexibility index (Phi) is 5.20. The summed E-state index contributed by atoms with van der Waals surface area (Å²) in [7, 11) is 0. The number of aromatic nitrogens is 2. The first-order valence-electron chi connectivity index (χ1n) is 6.39. The lowest BCUT2D eigenvalue weighted by Crippen LogP contribution is -2.42. The second-order valence-corrected chi connectivity index (χ2v) is 5.20. The monoisotopic (exact) mass is 284 g/mol. The fourth-order valence-electron chi connectivity index (χ4n) is 1.79. The molecule has 8 heteroatoms. The standard InChI is InChI=1S/C12H20N4O4/c1-4-15(8-12(2,3)18)11(17)5-6-14-7-10(13-9-14)16(19)20/h7,9,18H,4-6,8H2,1-3H3. The maximum atomic E-state index is 12.0. The largest absolute Gasteiger partial charge is 0.389 e. The SMILES string of the molecule is CCN(CC(C)(C)O)C(=O)CCn1cnc([N+](=O)[O-])c1. The molecule has 0 unspecified atom stereocenters. The van der Waals surface area contributed by atoms with Gasteiger partial charge in [-0.05, 0) is 30.7 Å². The van der Waals surface area contributed by atoms with Crippen molar-refractivity contribution in [2.75, 3.05) is 13.1 Å². The van der Waals surface area contributed by atoms with Gasteiger partial charge in [0, 0.05) is 26.1 Å². The molecule has 1 aromatic rings. The number of amides is 1. The first kappa shape index (κ1) is 16.1. The Bertz CT molecular complexity index is 478. The number of carbonyl (C=O) groups excluding carboxylic acids is 1. The highest BCUT2D eigenvalue weighted by Crippen LogP contribution is 2.09. The van der Waals surface area contributed by atoms with Crippen LogP contribution in [0.5, 0.6) is 0 Å². The van der Waals surface area contributed by atoms with E-state index in [1.54, 1.807) is 18.7 Å². The minimum Gasteiger partial charge on any atom is -0.389 e.